The first-order valence-electron chi connectivity index (χ1n) is 7.19. The molecule has 1 saturated carbocycles. The number of rotatable bonds is 5. The van der Waals surface area contributed by atoms with Crippen molar-refractivity contribution in [2.45, 2.75) is 55.7 Å². The molecule has 2 atom stereocenters. The molecule has 2 rings (SSSR count). The van der Waals surface area contributed by atoms with Crippen LogP contribution in [0.25, 0.3) is 0 Å². The number of thiophene rings is 1. The van der Waals surface area contributed by atoms with Gasteiger partial charge in [-0.2, -0.15) is 0 Å². The summed E-state index contributed by atoms with van der Waals surface area (Å²) in [5, 5.41) is 8.74. The normalized spacial score (nSPS) is 23.7. The van der Waals surface area contributed by atoms with E-state index >= 15 is 0 Å². The molecule has 0 saturated heterocycles. The maximum atomic E-state index is 12.3. The van der Waals surface area contributed by atoms with Crippen molar-refractivity contribution in [2.75, 3.05) is 0 Å². The molecule has 2 N–H and O–H groups in total. The third-order valence-electron chi connectivity index (χ3n) is 3.81. The highest BCUT2D eigenvalue weighted by Crippen LogP contribution is 2.26. The number of hydrogen-bond donors (Lipinski definition) is 2. The molecule has 0 radical (unpaired) electrons. The standard InChI is InChI=1S/C14H21NO4S2/c1-10-3-2-4-11(6-5-10)15-21(18,19)14-8-7-12(20-14)9-13(16)17/h7-8,10-11,15H,2-6,9H2,1H3,(H,16,17). The maximum absolute atomic E-state index is 12.3. The summed E-state index contributed by atoms with van der Waals surface area (Å²) >= 11 is 1.03. The molecule has 0 bridgehead atoms. The number of carboxylic acids is 1. The van der Waals surface area contributed by atoms with Crippen LogP contribution in [-0.2, 0) is 21.2 Å². The lowest BCUT2D eigenvalue weighted by Gasteiger charge is -2.15. The largest absolute Gasteiger partial charge is 0.481 e. The van der Waals surface area contributed by atoms with E-state index in [9.17, 15) is 13.2 Å². The van der Waals surface area contributed by atoms with Crippen molar-refractivity contribution < 1.29 is 18.3 Å². The first-order chi connectivity index (χ1) is 9.87. The van der Waals surface area contributed by atoms with Crippen LogP contribution in [0.2, 0.25) is 0 Å². The predicted octanol–water partition coefficient (Wildman–Crippen LogP) is 2.62. The van der Waals surface area contributed by atoms with Crippen molar-refractivity contribution in [3.63, 3.8) is 0 Å². The van der Waals surface area contributed by atoms with E-state index < -0.39 is 16.0 Å². The molecule has 1 aliphatic carbocycles. The SMILES string of the molecule is CC1CCCC(NS(=O)(=O)c2ccc(CC(=O)O)s2)CC1. The number of nitrogens with one attached hydrogen (secondary N) is 1. The van der Waals surface area contributed by atoms with Crippen molar-refractivity contribution in [1.82, 2.24) is 4.72 Å². The van der Waals surface area contributed by atoms with Crippen LogP contribution in [0.15, 0.2) is 16.3 Å². The summed E-state index contributed by atoms with van der Waals surface area (Å²) in [4.78, 5) is 11.2. The number of carbonyl (C=O) groups is 1. The lowest BCUT2D eigenvalue weighted by Crippen LogP contribution is -2.34. The molecule has 1 aromatic rings. The molecule has 1 aliphatic rings. The van der Waals surface area contributed by atoms with Gasteiger partial charge in [0.15, 0.2) is 0 Å². The molecule has 5 nitrogen and oxygen atoms in total. The molecular weight excluding hydrogens is 310 g/mol. The Balaban J connectivity index is 2.03. The Hall–Kier alpha value is -0.920. The Morgan fingerprint density at radius 3 is 2.81 bits per heavy atom. The van der Waals surface area contributed by atoms with Crippen LogP contribution in [0.3, 0.4) is 0 Å². The molecule has 7 heteroatoms. The highest BCUT2D eigenvalue weighted by molar-refractivity contribution is 7.91. The Bertz CT molecular complexity index is 594. The van der Waals surface area contributed by atoms with E-state index in [2.05, 4.69) is 11.6 Å². The average molecular weight is 331 g/mol. The highest BCUT2D eigenvalue weighted by Gasteiger charge is 2.24. The van der Waals surface area contributed by atoms with Gasteiger partial charge in [0.05, 0.1) is 6.42 Å². The maximum Gasteiger partial charge on any atom is 0.308 e. The zero-order valence-corrected chi connectivity index (χ0v) is 13.7. The first-order valence-corrected chi connectivity index (χ1v) is 9.49. The van der Waals surface area contributed by atoms with Gasteiger partial charge in [0.1, 0.15) is 4.21 Å². The van der Waals surface area contributed by atoms with Gasteiger partial charge in [0, 0.05) is 10.9 Å². The summed E-state index contributed by atoms with van der Waals surface area (Å²) in [7, 11) is -3.53. The van der Waals surface area contributed by atoms with Gasteiger partial charge in [-0.1, -0.05) is 19.8 Å². The lowest BCUT2D eigenvalue weighted by molar-refractivity contribution is -0.136. The van der Waals surface area contributed by atoms with E-state index in [0.29, 0.717) is 10.8 Å². The topological polar surface area (TPSA) is 83.5 Å². The van der Waals surface area contributed by atoms with E-state index in [1.54, 1.807) is 6.07 Å². The minimum atomic E-state index is -3.53. The minimum Gasteiger partial charge on any atom is -0.481 e. The Labute approximate surface area is 129 Å². The van der Waals surface area contributed by atoms with Gasteiger partial charge in [-0.25, -0.2) is 13.1 Å². The minimum absolute atomic E-state index is 0.00928. The fourth-order valence-electron chi connectivity index (χ4n) is 2.63. The van der Waals surface area contributed by atoms with Crippen molar-refractivity contribution in [3.05, 3.63) is 17.0 Å². The monoisotopic (exact) mass is 331 g/mol. The van der Waals surface area contributed by atoms with Crippen LogP contribution in [0.4, 0.5) is 0 Å². The van der Waals surface area contributed by atoms with Crippen molar-refractivity contribution in [3.8, 4) is 0 Å². The second-order valence-corrected chi connectivity index (χ2v) is 8.83. The van der Waals surface area contributed by atoms with Crippen LogP contribution >= 0.6 is 11.3 Å². The van der Waals surface area contributed by atoms with Crippen LogP contribution < -0.4 is 4.72 Å². The lowest BCUT2D eigenvalue weighted by atomic mass is 10.0. The van der Waals surface area contributed by atoms with Gasteiger partial charge in [0.2, 0.25) is 10.0 Å². The van der Waals surface area contributed by atoms with Crippen molar-refractivity contribution in [1.29, 1.82) is 0 Å². The zero-order valence-electron chi connectivity index (χ0n) is 12.0. The molecular formula is C14H21NO4S2. The van der Waals surface area contributed by atoms with E-state index in [4.69, 9.17) is 5.11 Å². The van der Waals surface area contributed by atoms with Crippen LogP contribution in [-0.4, -0.2) is 25.5 Å². The van der Waals surface area contributed by atoms with E-state index in [1.807, 2.05) is 0 Å². The van der Waals surface area contributed by atoms with Crippen molar-refractivity contribution >= 4 is 27.3 Å². The fourth-order valence-corrected chi connectivity index (χ4v) is 5.30. The number of carboxylic acid groups (broad SMARTS) is 1. The number of aliphatic carboxylic acids is 1. The molecule has 0 aliphatic heterocycles. The second-order valence-electron chi connectivity index (χ2n) is 5.72. The molecule has 2 unspecified atom stereocenters. The van der Waals surface area contributed by atoms with E-state index in [1.165, 1.54) is 6.07 Å². The average Bonchev–Trinajstić information content (AvgIpc) is 2.75. The molecule has 0 spiro atoms. The zero-order chi connectivity index (χ0) is 15.5. The summed E-state index contributed by atoms with van der Waals surface area (Å²) in [5.41, 5.74) is 0. The molecule has 0 aromatic carbocycles. The summed E-state index contributed by atoms with van der Waals surface area (Å²) in [5.74, 6) is -0.296. The molecule has 1 fully saturated rings. The Kier molecular flexibility index (Phi) is 5.40. The van der Waals surface area contributed by atoms with Crippen LogP contribution in [0.1, 0.15) is 43.9 Å². The summed E-state index contributed by atoms with van der Waals surface area (Å²) in [6.07, 6.45) is 4.84. The quantitative estimate of drug-likeness (QED) is 0.812. The van der Waals surface area contributed by atoms with Gasteiger partial charge in [-0.3, -0.25) is 4.79 Å². The number of sulfonamides is 1. The Morgan fingerprint density at radius 1 is 1.33 bits per heavy atom. The molecule has 118 valence electrons. The van der Waals surface area contributed by atoms with E-state index in [0.717, 1.165) is 43.4 Å². The summed E-state index contributed by atoms with van der Waals surface area (Å²) in [6, 6.07) is 3.05. The molecule has 1 heterocycles. The molecule has 1 aromatic heterocycles. The molecule has 0 amide bonds. The Morgan fingerprint density at radius 2 is 2.10 bits per heavy atom. The second kappa shape index (κ2) is 6.89. The van der Waals surface area contributed by atoms with Crippen LogP contribution in [0.5, 0.6) is 0 Å². The van der Waals surface area contributed by atoms with Crippen LogP contribution in [0, 0.1) is 5.92 Å². The number of hydrogen-bond acceptors (Lipinski definition) is 4. The van der Waals surface area contributed by atoms with Gasteiger partial charge in [-0.15, -0.1) is 11.3 Å². The van der Waals surface area contributed by atoms with Gasteiger partial charge < -0.3 is 5.11 Å². The van der Waals surface area contributed by atoms with Gasteiger partial charge >= 0.3 is 5.97 Å². The van der Waals surface area contributed by atoms with Gasteiger partial charge in [0.25, 0.3) is 0 Å². The van der Waals surface area contributed by atoms with Gasteiger partial charge in [-0.05, 0) is 37.3 Å². The first kappa shape index (κ1) is 16.5. The third kappa shape index (κ3) is 4.79. The fraction of sp³-hybridized carbons (Fsp3) is 0.643. The molecule has 21 heavy (non-hydrogen) atoms. The predicted molar refractivity (Wildman–Crippen MR) is 82.0 cm³/mol. The smallest absolute Gasteiger partial charge is 0.308 e. The summed E-state index contributed by atoms with van der Waals surface area (Å²) < 4.78 is 27.7. The third-order valence-corrected chi connectivity index (χ3v) is 6.90. The van der Waals surface area contributed by atoms with Crippen molar-refractivity contribution in [2.24, 2.45) is 5.92 Å². The highest BCUT2D eigenvalue weighted by atomic mass is 32.2. The van der Waals surface area contributed by atoms with E-state index in [-0.39, 0.29) is 16.7 Å². The summed E-state index contributed by atoms with van der Waals surface area (Å²) in [6.45, 7) is 2.20.